The van der Waals surface area contributed by atoms with Crippen molar-refractivity contribution in [3.05, 3.63) is 5.82 Å². The molecule has 0 saturated heterocycles. The van der Waals surface area contributed by atoms with Gasteiger partial charge in [-0.3, -0.25) is 0 Å². The Hall–Kier alpha value is -0.640. The quantitative estimate of drug-likeness (QED) is 0.670. The van der Waals surface area contributed by atoms with E-state index in [4.69, 9.17) is 11.6 Å². The van der Waals surface area contributed by atoms with Crippen molar-refractivity contribution >= 4 is 11.6 Å². The maximum Gasteiger partial charge on any atom is 0.168 e. The summed E-state index contributed by atoms with van der Waals surface area (Å²) in [4.78, 5) is 0. The predicted octanol–water partition coefficient (Wildman–Crippen LogP) is 1.38. The maximum absolute atomic E-state index is 5.89. The van der Waals surface area contributed by atoms with Crippen LogP contribution in [0.25, 0.3) is 0 Å². The molecule has 1 unspecified atom stereocenters. The van der Waals surface area contributed by atoms with Crippen LogP contribution in [0.4, 0.5) is 0 Å². The normalized spacial score (nSPS) is 19.5. The number of halogens is 1. The van der Waals surface area contributed by atoms with E-state index in [1.54, 1.807) is 0 Å². The summed E-state index contributed by atoms with van der Waals surface area (Å²) in [7, 11) is 0. The molecular weight excluding hydrogens is 176 g/mol. The van der Waals surface area contributed by atoms with Gasteiger partial charge in [-0.15, -0.1) is 16.7 Å². The Morgan fingerprint density at radius 1 is 1.67 bits per heavy atom. The molecule has 0 radical (unpaired) electrons. The van der Waals surface area contributed by atoms with Crippen molar-refractivity contribution in [1.82, 2.24) is 20.2 Å². The summed E-state index contributed by atoms with van der Waals surface area (Å²) >= 11 is 5.89. The first-order valence-corrected chi connectivity index (χ1v) is 4.61. The number of alkyl halides is 1. The molecule has 0 amide bonds. The highest BCUT2D eigenvalue weighted by Gasteiger charge is 2.24. The van der Waals surface area contributed by atoms with Crippen LogP contribution in [0.15, 0.2) is 0 Å². The zero-order valence-electron chi connectivity index (χ0n) is 6.94. The van der Waals surface area contributed by atoms with Crippen molar-refractivity contribution in [2.75, 3.05) is 0 Å². The molecule has 12 heavy (non-hydrogen) atoms. The maximum atomic E-state index is 5.89. The second-order valence-electron chi connectivity index (χ2n) is 3.28. The summed E-state index contributed by atoms with van der Waals surface area (Å²) in [6, 6.07) is 0. The van der Waals surface area contributed by atoms with Crippen LogP contribution in [0.5, 0.6) is 0 Å². The lowest BCUT2D eigenvalue weighted by atomic mass is 10.4. The summed E-state index contributed by atoms with van der Waals surface area (Å²) in [5.74, 6) is 1.56. The molecule has 5 heteroatoms. The Balaban J connectivity index is 2.11. The smallest absolute Gasteiger partial charge is 0.168 e. The van der Waals surface area contributed by atoms with Crippen molar-refractivity contribution in [1.29, 1.82) is 0 Å². The first-order chi connectivity index (χ1) is 5.77. The zero-order valence-corrected chi connectivity index (χ0v) is 7.70. The second-order valence-corrected chi connectivity index (χ2v) is 3.93. The van der Waals surface area contributed by atoms with E-state index in [9.17, 15) is 0 Å². The Kier molecular flexibility index (Phi) is 2.00. The number of nitrogens with zero attached hydrogens (tertiary/aromatic N) is 4. The van der Waals surface area contributed by atoms with E-state index >= 15 is 0 Å². The van der Waals surface area contributed by atoms with E-state index in [0.717, 1.165) is 18.3 Å². The minimum atomic E-state index is -0.0984. The standard InChI is InChI=1S/C7H11ClN4/c1-5(8)7-9-10-11-12(7)4-6-2-3-6/h5-6H,2-4H2,1H3. The molecule has 0 bridgehead atoms. The van der Waals surface area contributed by atoms with E-state index in [1.165, 1.54) is 12.8 Å². The summed E-state index contributed by atoms with van der Waals surface area (Å²) < 4.78 is 1.81. The van der Waals surface area contributed by atoms with Crippen LogP contribution >= 0.6 is 11.6 Å². The first kappa shape index (κ1) is 7.98. The lowest BCUT2D eigenvalue weighted by molar-refractivity contribution is 0.523. The molecule has 0 aromatic carbocycles. The molecule has 1 aliphatic carbocycles. The number of rotatable bonds is 3. The highest BCUT2D eigenvalue weighted by Crippen LogP contribution is 2.31. The van der Waals surface area contributed by atoms with Gasteiger partial charge in [0.1, 0.15) is 0 Å². The third-order valence-corrected chi connectivity index (χ3v) is 2.24. The summed E-state index contributed by atoms with van der Waals surface area (Å²) in [6.07, 6.45) is 2.60. The fourth-order valence-electron chi connectivity index (χ4n) is 1.17. The number of hydrogen-bond acceptors (Lipinski definition) is 3. The highest BCUT2D eigenvalue weighted by atomic mass is 35.5. The second kappa shape index (κ2) is 3.01. The highest BCUT2D eigenvalue weighted by molar-refractivity contribution is 6.20. The molecule has 1 heterocycles. The van der Waals surface area contributed by atoms with E-state index in [-0.39, 0.29) is 5.38 Å². The largest absolute Gasteiger partial charge is 0.228 e. The van der Waals surface area contributed by atoms with Crippen molar-refractivity contribution in [2.45, 2.75) is 31.7 Å². The van der Waals surface area contributed by atoms with Crippen molar-refractivity contribution in [2.24, 2.45) is 5.92 Å². The molecule has 1 fully saturated rings. The summed E-state index contributed by atoms with van der Waals surface area (Å²) in [5.41, 5.74) is 0. The van der Waals surface area contributed by atoms with Crippen LogP contribution in [-0.4, -0.2) is 20.2 Å². The summed E-state index contributed by atoms with van der Waals surface area (Å²) in [6.45, 7) is 2.82. The Morgan fingerprint density at radius 3 is 3.00 bits per heavy atom. The van der Waals surface area contributed by atoms with Gasteiger partial charge in [-0.1, -0.05) is 0 Å². The Bertz CT molecular complexity index is 266. The number of tetrazole rings is 1. The van der Waals surface area contributed by atoms with E-state index in [2.05, 4.69) is 15.5 Å². The Morgan fingerprint density at radius 2 is 2.42 bits per heavy atom. The van der Waals surface area contributed by atoms with Gasteiger partial charge in [0.2, 0.25) is 0 Å². The fourth-order valence-corrected chi connectivity index (χ4v) is 1.33. The van der Waals surface area contributed by atoms with Crippen molar-refractivity contribution in [3.63, 3.8) is 0 Å². The van der Waals surface area contributed by atoms with Gasteiger partial charge in [0.05, 0.1) is 5.38 Å². The van der Waals surface area contributed by atoms with E-state index in [1.807, 2.05) is 11.6 Å². The third kappa shape index (κ3) is 1.58. The molecule has 1 aromatic rings. The SMILES string of the molecule is CC(Cl)c1nnnn1CC1CC1. The van der Waals surface area contributed by atoms with Crippen LogP contribution in [0, 0.1) is 5.92 Å². The molecule has 4 nitrogen and oxygen atoms in total. The molecule has 1 atom stereocenters. The molecular formula is C7H11ClN4. The van der Waals surface area contributed by atoms with Gasteiger partial charge in [-0.2, -0.15) is 0 Å². The van der Waals surface area contributed by atoms with Gasteiger partial charge in [-0.25, -0.2) is 4.68 Å². The zero-order chi connectivity index (χ0) is 8.55. The van der Waals surface area contributed by atoms with Crippen LogP contribution in [0.1, 0.15) is 31.0 Å². The van der Waals surface area contributed by atoms with E-state index < -0.39 is 0 Å². The molecule has 1 aromatic heterocycles. The molecule has 2 rings (SSSR count). The number of hydrogen-bond donors (Lipinski definition) is 0. The van der Waals surface area contributed by atoms with Crippen molar-refractivity contribution < 1.29 is 0 Å². The lowest BCUT2D eigenvalue weighted by Gasteiger charge is -2.03. The Labute approximate surface area is 75.9 Å². The van der Waals surface area contributed by atoms with Gasteiger partial charge < -0.3 is 0 Å². The minimum absolute atomic E-state index is 0.0984. The average Bonchev–Trinajstić information content (AvgIpc) is 2.66. The van der Waals surface area contributed by atoms with Crippen LogP contribution in [-0.2, 0) is 6.54 Å². The molecule has 1 saturated carbocycles. The van der Waals surface area contributed by atoms with Gasteiger partial charge in [0, 0.05) is 6.54 Å². The average molecular weight is 187 g/mol. The van der Waals surface area contributed by atoms with Crippen LogP contribution in [0.3, 0.4) is 0 Å². The van der Waals surface area contributed by atoms with Gasteiger partial charge in [-0.05, 0) is 36.1 Å². The lowest BCUT2D eigenvalue weighted by Crippen LogP contribution is -2.07. The van der Waals surface area contributed by atoms with Crippen LogP contribution in [0.2, 0.25) is 0 Å². The predicted molar refractivity (Wildman–Crippen MR) is 44.8 cm³/mol. The summed E-state index contributed by atoms with van der Waals surface area (Å²) in [5, 5.41) is 11.3. The van der Waals surface area contributed by atoms with Gasteiger partial charge in [0.15, 0.2) is 5.82 Å². The van der Waals surface area contributed by atoms with E-state index in [0.29, 0.717) is 0 Å². The van der Waals surface area contributed by atoms with Gasteiger partial charge >= 0.3 is 0 Å². The third-order valence-electron chi connectivity index (χ3n) is 2.04. The molecule has 0 spiro atoms. The fraction of sp³-hybridized carbons (Fsp3) is 0.857. The first-order valence-electron chi connectivity index (χ1n) is 4.17. The molecule has 1 aliphatic rings. The number of aromatic nitrogens is 4. The van der Waals surface area contributed by atoms with Crippen LogP contribution < -0.4 is 0 Å². The minimum Gasteiger partial charge on any atom is -0.228 e. The van der Waals surface area contributed by atoms with Crippen molar-refractivity contribution in [3.8, 4) is 0 Å². The molecule has 0 N–H and O–H groups in total. The monoisotopic (exact) mass is 186 g/mol. The topological polar surface area (TPSA) is 43.6 Å². The molecule has 66 valence electrons. The van der Waals surface area contributed by atoms with Gasteiger partial charge in [0.25, 0.3) is 0 Å². The molecule has 0 aliphatic heterocycles.